The van der Waals surface area contributed by atoms with Crippen LogP contribution in [0.2, 0.25) is 0 Å². The van der Waals surface area contributed by atoms with E-state index in [1.807, 2.05) is 52.6 Å². The second-order valence-corrected chi connectivity index (χ2v) is 14.7. The molecule has 240 valence electrons. The van der Waals surface area contributed by atoms with Gasteiger partial charge in [-0.1, -0.05) is 18.2 Å². The molecule has 44 heavy (non-hydrogen) atoms. The number of fused-ring (bicyclic) bond motifs is 2. The number of ether oxygens (including phenoxy) is 2. The van der Waals surface area contributed by atoms with Crippen molar-refractivity contribution >= 4 is 17.9 Å². The molecule has 2 amide bonds. The summed E-state index contributed by atoms with van der Waals surface area (Å²) < 4.78 is 11.5. The van der Waals surface area contributed by atoms with Crippen LogP contribution in [0.5, 0.6) is 0 Å². The number of likely N-dealkylation sites (N-methyl/N-ethyl adjacent to an activating group) is 1. The largest absolute Gasteiger partial charge is 0.444 e. The van der Waals surface area contributed by atoms with E-state index in [4.69, 9.17) is 14.5 Å². The summed E-state index contributed by atoms with van der Waals surface area (Å²) in [5.41, 5.74) is 6.27. The Morgan fingerprint density at radius 1 is 0.977 bits per heavy atom. The standard InChI is InChI=1S/C35H51N5O4/c1-24-19-25-11-9-14-30(31(25)36-21-24)37(8)23-27-20-28-26(22-40(27)33(42)44-35(5,6)7)12-10-13-29(28)38-15-17-39(18-16-38)32(41)43-34(2,3)4/h10,12-13,19,21,27,30H,9,11,14-18,20,22-23H2,1-8H3/t27-,30+/m1/s1. The molecular formula is C35H51N5O4. The van der Waals surface area contributed by atoms with Crippen LogP contribution in [0.3, 0.4) is 0 Å². The van der Waals surface area contributed by atoms with Crippen molar-refractivity contribution in [1.82, 2.24) is 19.7 Å². The highest BCUT2D eigenvalue weighted by molar-refractivity contribution is 5.71. The number of anilines is 1. The predicted octanol–water partition coefficient (Wildman–Crippen LogP) is 6.12. The summed E-state index contributed by atoms with van der Waals surface area (Å²) in [5, 5.41) is 0. The summed E-state index contributed by atoms with van der Waals surface area (Å²) >= 11 is 0. The maximum absolute atomic E-state index is 13.6. The van der Waals surface area contributed by atoms with Crippen molar-refractivity contribution in [2.45, 2.75) is 104 Å². The van der Waals surface area contributed by atoms with Crippen LogP contribution in [0.4, 0.5) is 15.3 Å². The topological polar surface area (TPSA) is 78.5 Å². The predicted molar refractivity (Wildman–Crippen MR) is 173 cm³/mol. The third kappa shape index (κ3) is 7.48. The molecule has 2 aromatic rings. The molecule has 2 aliphatic heterocycles. The number of carbonyl (C=O) groups excluding carboxylic acids is 2. The monoisotopic (exact) mass is 605 g/mol. The van der Waals surface area contributed by atoms with E-state index in [1.165, 1.54) is 28.1 Å². The second kappa shape index (κ2) is 12.6. The number of piperazine rings is 1. The maximum Gasteiger partial charge on any atom is 0.410 e. The molecule has 0 radical (unpaired) electrons. The molecule has 0 N–H and O–H groups in total. The summed E-state index contributed by atoms with van der Waals surface area (Å²) in [6.07, 6.45) is 5.46. The van der Waals surface area contributed by atoms with Gasteiger partial charge in [-0.2, -0.15) is 0 Å². The van der Waals surface area contributed by atoms with Gasteiger partial charge in [0.2, 0.25) is 0 Å². The van der Waals surface area contributed by atoms with Gasteiger partial charge in [-0.3, -0.25) is 14.8 Å². The summed E-state index contributed by atoms with van der Waals surface area (Å²) in [6, 6.07) is 8.85. The zero-order valence-electron chi connectivity index (χ0n) is 28.0. The number of hydrogen-bond donors (Lipinski definition) is 0. The number of carbonyl (C=O) groups is 2. The smallest absolute Gasteiger partial charge is 0.410 e. The van der Waals surface area contributed by atoms with Crippen LogP contribution >= 0.6 is 0 Å². The van der Waals surface area contributed by atoms with E-state index in [0.717, 1.165) is 50.9 Å². The maximum atomic E-state index is 13.6. The third-order valence-corrected chi connectivity index (χ3v) is 8.78. The molecule has 5 rings (SSSR count). The molecule has 2 atom stereocenters. The van der Waals surface area contributed by atoms with Crippen molar-refractivity contribution in [3.63, 3.8) is 0 Å². The van der Waals surface area contributed by atoms with Gasteiger partial charge in [0.15, 0.2) is 0 Å². The van der Waals surface area contributed by atoms with Crippen LogP contribution < -0.4 is 4.90 Å². The molecule has 1 aromatic carbocycles. The van der Waals surface area contributed by atoms with Crippen LogP contribution in [0.25, 0.3) is 0 Å². The first-order valence-electron chi connectivity index (χ1n) is 16.2. The molecule has 9 nitrogen and oxygen atoms in total. The van der Waals surface area contributed by atoms with Crippen LogP contribution in [0.15, 0.2) is 30.5 Å². The lowest BCUT2D eigenvalue weighted by Gasteiger charge is -2.43. The highest BCUT2D eigenvalue weighted by atomic mass is 16.6. The SMILES string of the molecule is Cc1cnc2c(c1)CCC[C@@H]2N(C)C[C@H]1Cc2c(cccc2N2CCN(C(=O)OC(C)(C)C)CC2)CN1C(=O)OC(C)(C)C. The molecule has 1 fully saturated rings. The van der Waals surface area contributed by atoms with Crippen molar-refractivity contribution < 1.29 is 19.1 Å². The van der Waals surface area contributed by atoms with E-state index in [0.29, 0.717) is 19.6 Å². The number of benzene rings is 1. The van der Waals surface area contributed by atoms with Crippen molar-refractivity contribution in [1.29, 1.82) is 0 Å². The van der Waals surface area contributed by atoms with Gasteiger partial charge >= 0.3 is 12.2 Å². The minimum absolute atomic E-state index is 0.0534. The lowest BCUT2D eigenvalue weighted by molar-refractivity contribution is 0.00643. The summed E-state index contributed by atoms with van der Waals surface area (Å²) in [6.45, 7) is 17.5. The van der Waals surface area contributed by atoms with Crippen LogP contribution in [0, 0.1) is 6.92 Å². The molecular weight excluding hydrogens is 554 g/mol. The van der Waals surface area contributed by atoms with E-state index in [-0.39, 0.29) is 24.3 Å². The Morgan fingerprint density at radius 3 is 2.34 bits per heavy atom. The van der Waals surface area contributed by atoms with Crippen LogP contribution in [-0.2, 0) is 28.9 Å². The van der Waals surface area contributed by atoms with E-state index in [1.54, 1.807) is 4.90 Å². The van der Waals surface area contributed by atoms with Gasteiger partial charge < -0.3 is 19.3 Å². The quantitative estimate of drug-likeness (QED) is 0.416. The van der Waals surface area contributed by atoms with Crippen molar-refractivity contribution in [3.8, 4) is 0 Å². The van der Waals surface area contributed by atoms with E-state index >= 15 is 0 Å². The minimum atomic E-state index is -0.576. The molecule has 0 saturated carbocycles. The van der Waals surface area contributed by atoms with Gasteiger partial charge in [-0.05, 0) is 110 Å². The zero-order chi connectivity index (χ0) is 31.8. The first kappa shape index (κ1) is 32.1. The number of amides is 2. The average Bonchev–Trinajstić information content (AvgIpc) is 2.94. The third-order valence-electron chi connectivity index (χ3n) is 8.78. The Morgan fingerprint density at radius 2 is 1.66 bits per heavy atom. The number of pyridine rings is 1. The lowest BCUT2D eigenvalue weighted by atomic mass is 9.88. The van der Waals surface area contributed by atoms with Crippen molar-refractivity contribution in [2.75, 3.05) is 44.7 Å². The summed E-state index contributed by atoms with van der Waals surface area (Å²) in [5.74, 6) is 0. The molecule has 0 spiro atoms. The van der Waals surface area contributed by atoms with Gasteiger partial charge in [0.05, 0.1) is 17.8 Å². The number of aryl methyl sites for hydroxylation is 2. The molecule has 3 heterocycles. The number of nitrogens with zero attached hydrogens (tertiary/aromatic N) is 5. The molecule has 1 aromatic heterocycles. The summed E-state index contributed by atoms with van der Waals surface area (Å²) in [7, 11) is 2.17. The van der Waals surface area contributed by atoms with Crippen LogP contribution in [0.1, 0.15) is 88.4 Å². The van der Waals surface area contributed by atoms with Gasteiger partial charge in [0.1, 0.15) is 11.2 Å². The number of rotatable bonds is 4. The Labute approximate surface area is 263 Å². The molecule has 3 aliphatic rings. The van der Waals surface area contributed by atoms with Gasteiger partial charge in [0, 0.05) is 51.2 Å². The summed E-state index contributed by atoms with van der Waals surface area (Å²) in [4.78, 5) is 39.7. The normalized spacial score (nSPS) is 20.7. The Hall–Kier alpha value is -3.33. The van der Waals surface area contributed by atoms with E-state index < -0.39 is 11.2 Å². The zero-order valence-corrected chi connectivity index (χ0v) is 28.0. The minimum Gasteiger partial charge on any atom is -0.444 e. The molecule has 1 aliphatic carbocycles. The molecule has 9 heteroatoms. The van der Waals surface area contributed by atoms with Gasteiger partial charge in [-0.15, -0.1) is 0 Å². The molecule has 0 unspecified atom stereocenters. The number of aromatic nitrogens is 1. The van der Waals surface area contributed by atoms with Crippen molar-refractivity contribution in [2.24, 2.45) is 0 Å². The number of hydrogen-bond acceptors (Lipinski definition) is 7. The second-order valence-electron chi connectivity index (χ2n) is 14.7. The Balaban J connectivity index is 1.37. The first-order chi connectivity index (χ1) is 20.7. The highest BCUT2D eigenvalue weighted by Crippen LogP contribution is 2.36. The Bertz CT molecular complexity index is 1360. The van der Waals surface area contributed by atoms with Gasteiger partial charge in [-0.25, -0.2) is 9.59 Å². The Kier molecular flexibility index (Phi) is 9.17. The van der Waals surface area contributed by atoms with Crippen LogP contribution in [-0.4, -0.2) is 88.9 Å². The van der Waals surface area contributed by atoms with Crippen molar-refractivity contribution in [3.05, 3.63) is 58.4 Å². The van der Waals surface area contributed by atoms with Gasteiger partial charge in [0.25, 0.3) is 0 Å². The lowest BCUT2D eigenvalue weighted by Crippen LogP contribution is -2.52. The van der Waals surface area contributed by atoms with E-state index in [2.05, 4.69) is 48.0 Å². The highest BCUT2D eigenvalue weighted by Gasteiger charge is 2.37. The fourth-order valence-electron chi connectivity index (χ4n) is 6.77. The average molecular weight is 606 g/mol. The fourth-order valence-corrected chi connectivity index (χ4v) is 6.77. The first-order valence-corrected chi connectivity index (χ1v) is 16.2. The molecule has 0 bridgehead atoms. The molecule has 1 saturated heterocycles. The fraction of sp³-hybridized carbons (Fsp3) is 0.629. The van der Waals surface area contributed by atoms with E-state index in [9.17, 15) is 9.59 Å².